The average Bonchev–Trinajstić information content (AvgIpc) is 3.39. The van der Waals surface area contributed by atoms with Gasteiger partial charge in [0, 0.05) is 5.02 Å². The molecule has 0 saturated carbocycles. The second-order valence-corrected chi connectivity index (χ2v) is 7.64. The molecule has 1 amide bonds. The Morgan fingerprint density at radius 2 is 1.97 bits per heavy atom. The minimum atomic E-state index is -0.485. The second kappa shape index (κ2) is 9.23. The van der Waals surface area contributed by atoms with Crippen LogP contribution in [0.3, 0.4) is 0 Å². The van der Waals surface area contributed by atoms with Crippen LogP contribution in [0.4, 0.5) is 10.3 Å². The van der Waals surface area contributed by atoms with Gasteiger partial charge < -0.3 is 9.15 Å². The van der Waals surface area contributed by atoms with Crippen molar-refractivity contribution >= 4 is 23.5 Å². The minimum absolute atomic E-state index is 0.109. The molecule has 9 heteroatoms. The SMILES string of the molecule is Cc1cccc(C)c1OCc1ccc(C(=O)Nc2ncn(Cc3ccc(F)cc3Cl)n2)o1. The van der Waals surface area contributed by atoms with Crippen LogP contribution in [-0.2, 0) is 13.2 Å². The first kappa shape index (κ1) is 21.6. The van der Waals surface area contributed by atoms with Crippen LogP contribution in [0.1, 0.15) is 33.0 Å². The molecule has 2 heterocycles. The summed E-state index contributed by atoms with van der Waals surface area (Å²) in [5.74, 6) is 0.637. The highest BCUT2D eigenvalue weighted by molar-refractivity contribution is 6.31. The first-order valence-corrected chi connectivity index (χ1v) is 10.2. The number of anilines is 1. The van der Waals surface area contributed by atoms with Crippen molar-refractivity contribution in [3.63, 3.8) is 0 Å². The molecule has 0 saturated heterocycles. The predicted molar refractivity (Wildman–Crippen MR) is 117 cm³/mol. The van der Waals surface area contributed by atoms with E-state index in [2.05, 4.69) is 15.4 Å². The van der Waals surface area contributed by atoms with Gasteiger partial charge in [-0.3, -0.25) is 10.1 Å². The van der Waals surface area contributed by atoms with Crippen LogP contribution in [-0.4, -0.2) is 20.7 Å². The lowest BCUT2D eigenvalue weighted by atomic mass is 10.1. The highest BCUT2D eigenvalue weighted by Crippen LogP contribution is 2.24. The summed E-state index contributed by atoms with van der Waals surface area (Å²) in [6.45, 7) is 4.42. The summed E-state index contributed by atoms with van der Waals surface area (Å²) in [6, 6.07) is 13.3. The van der Waals surface area contributed by atoms with Crippen LogP contribution >= 0.6 is 11.6 Å². The third kappa shape index (κ3) is 4.97. The molecular weight excluding hydrogens is 435 g/mol. The van der Waals surface area contributed by atoms with Gasteiger partial charge in [0.25, 0.3) is 5.91 Å². The van der Waals surface area contributed by atoms with Crippen molar-refractivity contribution < 1.29 is 18.3 Å². The highest BCUT2D eigenvalue weighted by Gasteiger charge is 2.15. The van der Waals surface area contributed by atoms with E-state index in [1.165, 1.54) is 23.1 Å². The van der Waals surface area contributed by atoms with Gasteiger partial charge in [-0.05, 0) is 54.8 Å². The molecule has 0 spiro atoms. The standard InChI is InChI=1S/C23H20ClFN4O3/c1-14-4-3-5-15(2)21(14)31-12-18-8-9-20(32-18)22(30)27-23-26-13-29(28-23)11-16-6-7-17(25)10-19(16)24/h3-10,13H,11-12H2,1-2H3,(H,27,28,30). The summed E-state index contributed by atoms with van der Waals surface area (Å²) in [7, 11) is 0. The molecule has 0 unspecified atom stereocenters. The number of aromatic nitrogens is 3. The molecular formula is C23H20ClFN4O3. The first-order chi connectivity index (χ1) is 15.4. The Morgan fingerprint density at radius 1 is 1.19 bits per heavy atom. The fourth-order valence-corrected chi connectivity index (χ4v) is 3.39. The van der Waals surface area contributed by atoms with Crippen LogP contribution in [0.15, 0.2) is 59.3 Å². The molecule has 0 aliphatic carbocycles. The number of ether oxygens (including phenoxy) is 1. The van der Waals surface area contributed by atoms with Crippen molar-refractivity contribution in [3.05, 3.63) is 93.9 Å². The molecule has 0 bridgehead atoms. The van der Waals surface area contributed by atoms with Crippen LogP contribution < -0.4 is 10.1 Å². The summed E-state index contributed by atoms with van der Waals surface area (Å²) in [6.07, 6.45) is 1.45. The number of halogens is 2. The van der Waals surface area contributed by atoms with Crippen LogP contribution in [0.25, 0.3) is 0 Å². The Balaban J connectivity index is 1.36. The number of nitrogens with zero attached hydrogens (tertiary/aromatic N) is 3. The average molecular weight is 455 g/mol. The lowest BCUT2D eigenvalue weighted by Gasteiger charge is -2.10. The third-order valence-electron chi connectivity index (χ3n) is 4.76. The largest absolute Gasteiger partial charge is 0.485 e. The number of aryl methyl sites for hydroxylation is 2. The molecule has 1 N–H and O–H groups in total. The zero-order valence-corrected chi connectivity index (χ0v) is 18.2. The zero-order valence-electron chi connectivity index (χ0n) is 17.4. The second-order valence-electron chi connectivity index (χ2n) is 7.23. The van der Waals surface area contributed by atoms with E-state index in [4.69, 9.17) is 20.8 Å². The zero-order chi connectivity index (χ0) is 22.7. The maximum absolute atomic E-state index is 13.2. The Morgan fingerprint density at radius 3 is 2.72 bits per heavy atom. The van der Waals surface area contributed by atoms with Crippen molar-refractivity contribution in [3.8, 4) is 5.75 Å². The van der Waals surface area contributed by atoms with Gasteiger partial charge in [-0.25, -0.2) is 14.1 Å². The number of furan rings is 1. The van der Waals surface area contributed by atoms with Gasteiger partial charge in [-0.15, -0.1) is 5.10 Å². The molecule has 2 aromatic heterocycles. The van der Waals surface area contributed by atoms with Gasteiger partial charge in [0.2, 0.25) is 5.95 Å². The van der Waals surface area contributed by atoms with E-state index in [-0.39, 0.29) is 29.9 Å². The number of rotatable bonds is 7. The summed E-state index contributed by atoms with van der Waals surface area (Å²) < 4.78 is 26.1. The first-order valence-electron chi connectivity index (χ1n) is 9.81. The summed E-state index contributed by atoms with van der Waals surface area (Å²) in [4.78, 5) is 16.5. The van der Waals surface area contributed by atoms with E-state index < -0.39 is 11.7 Å². The normalized spacial score (nSPS) is 10.9. The van der Waals surface area contributed by atoms with Crippen LogP contribution in [0, 0.1) is 19.7 Å². The molecule has 0 aliphatic heterocycles. The Bertz CT molecular complexity index is 1250. The van der Waals surface area contributed by atoms with Gasteiger partial charge in [0.05, 0.1) is 6.54 Å². The number of amides is 1. The predicted octanol–water partition coefficient (Wildman–Crippen LogP) is 5.16. The number of para-hydroxylation sites is 1. The summed E-state index contributed by atoms with van der Waals surface area (Å²) in [5.41, 5.74) is 2.73. The molecule has 0 fully saturated rings. The number of hydrogen-bond donors (Lipinski definition) is 1. The van der Waals surface area contributed by atoms with Crippen molar-refractivity contribution in [1.82, 2.24) is 14.8 Å². The van der Waals surface area contributed by atoms with E-state index in [1.54, 1.807) is 18.2 Å². The summed E-state index contributed by atoms with van der Waals surface area (Å²) in [5, 5.41) is 7.06. The Kier molecular flexibility index (Phi) is 6.23. The van der Waals surface area contributed by atoms with Crippen molar-refractivity contribution in [2.45, 2.75) is 27.0 Å². The topological polar surface area (TPSA) is 82.2 Å². The summed E-state index contributed by atoms with van der Waals surface area (Å²) >= 11 is 6.04. The van der Waals surface area contributed by atoms with Crippen molar-refractivity contribution in [1.29, 1.82) is 0 Å². The maximum Gasteiger partial charge on any atom is 0.293 e. The maximum atomic E-state index is 13.2. The quantitative estimate of drug-likeness (QED) is 0.417. The lowest BCUT2D eigenvalue weighted by molar-refractivity contribution is 0.0991. The number of benzene rings is 2. The van der Waals surface area contributed by atoms with Gasteiger partial charge in [-0.1, -0.05) is 35.9 Å². The molecule has 0 radical (unpaired) electrons. The van der Waals surface area contributed by atoms with Crippen molar-refractivity contribution in [2.75, 3.05) is 5.32 Å². The van der Waals surface area contributed by atoms with Gasteiger partial charge >= 0.3 is 0 Å². The van der Waals surface area contributed by atoms with Crippen LogP contribution in [0.5, 0.6) is 5.75 Å². The molecule has 7 nitrogen and oxygen atoms in total. The Hall–Kier alpha value is -3.65. The lowest BCUT2D eigenvalue weighted by Crippen LogP contribution is -2.12. The van der Waals surface area contributed by atoms with E-state index in [9.17, 15) is 9.18 Å². The minimum Gasteiger partial charge on any atom is -0.485 e. The third-order valence-corrected chi connectivity index (χ3v) is 5.11. The molecule has 164 valence electrons. The van der Waals surface area contributed by atoms with E-state index in [0.717, 1.165) is 16.9 Å². The monoisotopic (exact) mass is 454 g/mol. The smallest absolute Gasteiger partial charge is 0.293 e. The Labute approximate surface area is 188 Å². The van der Waals surface area contributed by atoms with Gasteiger partial charge in [0.15, 0.2) is 5.76 Å². The number of hydrogen-bond acceptors (Lipinski definition) is 5. The van der Waals surface area contributed by atoms with E-state index in [0.29, 0.717) is 11.3 Å². The van der Waals surface area contributed by atoms with E-state index in [1.807, 2.05) is 32.0 Å². The molecule has 32 heavy (non-hydrogen) atoms. The van der Waals surface area contributed by atoms with E-state index >= 15 is 0 Å². The molecule has 0 aliphatic rings. The molecule has 0 atom stereocenters. The number of carbonyl (C=O) groups is 1. The van der Waals surface area contributed by atoms with Crippen LogP contribution in [0.2, 0.25) is 5.02 Å². The number of nitrogens with one attached hydrogen (secondary N) is 1. The van der Waals surface area contributed by atoms with Gasteiger partial charge in [-0.2, -0.15) is 0 Å². The fraction of sp³-hybridized carbons (Fsp3) is 0.174. The molecule has 2 aromatic carbocycles. The molecule has 4 rings (SSSR count). The molecule has 4 aromatic rings. The van der Waals surface area contributed by atoms with Crippen molar-refractivity contribution in [2.24, 2.45) is 0 Å². The fourth-order valence-electron chi connectivity index (χ4n) is 3.16. The van der Waals surface area contributed by atoms with Gasteiger partial charge in [0.1, 0.15) is 30.3 Å². The number of carbonyl (C=O) groups excluding carboxylic acids is 1. The highest BCUT2D eigenvalue weighted by atomic mass is 35.5.